The molecule has 5 atom stereocenters. The monoisotopic (exact) mass is 426 g/mol. The number of carbonyl (C=O) groups excluding carboxylic acids is 1. The minimum Gasteiger partial charge on any atom is -0.367 e. The maximum Gasteiger partial charge on any atom is 0.252 e. The lowest BCUT2D eigenvalue weighted by Gasteiger charge is -2.41. The molecule has 1 aromatic heterocycles. The predicted octanol–water partition coefficient (Wildman–Crippen LogP) is 2.55. The SMILES string of the molecule is CC1CN(C2=CN3C(=O)C=C(C4=Cc5ccn(C)c5PC4)PC3C=C2)C[C@H](C)N1. The average Bonchev–Trinajstić information content (AvgIpc) is 3.07. The first-order valence-corrected chi connectivity index (χ1v) is 12.6. The van der Waals surface area contributed by atoms with Gasteiger partial charge in [-0.3, -0.25) is 4.79 Å². The van der Waals surface area contributed by atoms with Crippen molar-refractivity contribution in [3.05, 3.63) is 58.8 Å². The number of aromatic nitrogens is 1. The molecule has 5 nitrogen and oxygen atoms in total. The zero-order valence-electron chi connectivity index (χ0n) is 17.1. The van der Waals surface area contributed by atoms with Gasteiger partial charge in [0, 0.05) is 56.1 Å². The van der Waals surface area contributed by atoms with E-state index < -0.39 is 0 Å². The molecule has 7 heteroatoms. The molecular formula is C22H28N4OP2. The Morgan fingerprint density at radius 2 is 1.97 bits per heavy atom. The molecule has 0 radical (unpaired) electrons. The van der Waals surface area contributed by atoms with Crippen molar-refractivity contribution in [1.82, 2.24) is 19.7 Å². The molecule has 4 aliphatic rings. The van der Waals surface area contributed by atoms with Gasteiger partial charge in [-0.05, 0) is 54.7 Å². The number of aryl methyl sites for hydroxylation is 1. The number of allylic oxidation sites excluding steroid dienone is 3. The van der Waals surface area contributed by atoms with Crippen molar-refractivity contribution >= 4 is 34.6 Å². The lowest BCUT2D eigenvalue weighted by atomic mass is 10.1. The number of nitrogens with zero attached hydrogens (tertiary/aromatic N) is 3. The van der Waals surface area contributed by atoms with E-state index in [9.17, 15) is 4.79 Å². The van der Waals surface area contributed by atoms with Crippen molar-refractivity contribution in [1.29, 1.82) is 0 Å². The van der Waals surface area contributed by atoms with Gasteiger partial charge in [0.2, 0.25) is 0 Å². The summed E-state index contributed by atoms with van der Waals surface area (Å²) in [5.74, 6) is 0.273. The van der Waals surface area contributed by atoms with Crippen LogP contribution in [0.3, 0.4) is 0 Å². The molecule has 29 heavy (non-hydrogen) atoms. The molecule has 5 rings (SSSR count). The van der Waals surface area contributed by atoms with E-state index in [1.165, 1.54) is 21.9 Å². The Balaban J connectivity index is 1.37. The summed E-state index contributed by atoms with van der Waals surface area (Å²) in [6, 6.07) is 3.10. The minimum atomic E-state index is 0.116. The van der Waals surface area contributed by atoms with Gasteiger partial charge in [-0.25, -0.2) is 0 Å². The fourth-order valence-electron chi connectivity index (χ4n) is 4.66. The fourth-order valence-corrected chi connectivity index (χ4v) is 7.57. The summed E-state index contributed by atoms with van der Waals surface area (Å²) in [5.41, 5.74) is 5.24. The van der Waals surface area contributed by atoms with Crippen LogP contribution in [0.1, 0.15) is 19.4 Å². The maximum absolute atomic E-state index is 13.0. The van der Waals surface area contributed by atoms with E-state index in [-0.39, 0.29) is 11.7 Å². The van der Waals surface area contributed by atoms with Crippen LogP contribution in [0.5, 0.6) is 0 Å². The van der Waals surface area contributed by atoms with Crippen molar-refractivity contribution in [2.24, 2.45) is 7.05 Å². The van der Waals surface area contributed by atoms with Gasteiger partial charge in [0.1, 0.15) is 0 Å². The number of hydrogen-bond donors (Lipinski definition) is 1. The number of amides is 1. The zero-order chi connectivity index (χ0) is 20.1. The molecule has 0 spiro atoms. The van der Waals surface area contributed by atoms with Gasteiger partial charge in [0.05, 0.1) is 11.5 Å². The van der Waals surface area contributed by atoms with Gasteiger partial charge in [-0.15, -0.1) is 0 Å². The molecule has 0 aromatic carbocycles. The number of hydrogen-bond acceptors (Lipinski definition) is 3. The second kappa shape index (κ2) is 7.54. The largest absolute Gasteiger partial charge is 0.367 e. The van der Waals surface area contributed by atoms with E-state index >= 15 is 0 Å². The quantitative estimate of drug-likeness (QED) is 0.739. The third-order valence-corrected chi connectivity index (χ3v) is 9.07. The summed E-state index contributed by atoms with van der Waals surface area (Å²) in [5, 5.41) is 4.82. The van der Waals surface area contributed by atoms with E-state index in [1.54, 1.807) is 0 Å². The van der Waals surface area contributed by atoms with Crippen LogP contribution in [0.2, 0.25) is 0 Å². The molecule has 1 N–H and O–H groups in total. The van der Waals surface area contributed by atoms with Gasteiger partial charge in [0.15, 0.2) is 0 Å². The molecular weight excluding hydrogens is 398 g/mol. The number of rotatable bonds is 2. The van der Waals surface area contributed by atoms with Gasteiger partial charge in [-0.2, -0.15) is 0 Å². The van der Waals surface area contributed by atoms with Gasteiger partial charge in [0.25, 0.3) is 5.91 Å². The van der Waals surface area contributed by atoms with E-state index in [2.05, 4.69) is 72.4 Å². The van der Waals surface area contributed by atoms with E-state index in [0.29, 0.717) is 20.7 Å². The Kier molecular flexibility index (Phi) is 5.02. The minimum absolute atomic E-state index is 0.116. The van der Waals surface area contributed by atoms with E-state index in [1.807, 2.05) is 11.0 Å². The lowest BCUT2D eigenvalue weighted by Crippen LogP contribution is -2.54. The highest BCUT2D eigenvalue weighted by Gasteiger charge is 2.32. The highest BCUT2D eigenvalue weighted by atomic mass is 31.1. The van der Waals surface area contributed by atoms with Crippen LogP contribution in [-0.4, -0.2) is 57.4 Å². The molecule has 4 unspecified atom stereocenters. The Morgan fingerprint density at radius 1 is 1.17 bits per heavy atom. The number of piperazine rings is 1. The smallest absolute Gasteiger partial charge is 0.252 e. The highest BCUT2D eigenvalue weighted by molar-refractivity contribution is 7.48. The summed E-state index contributed by atoms with van der Waals surface area (Å²) in [6.07, 6.45) is 13.9. The predicted molar refractivity (Wildman–Crippen MR) is 124 cm³/mol. The van der Waals surface area contributed by atoms with Crippen LogP contribution in [0, 0.1) is 0 Å². The standard InChI is InChI=1S/C22H28N4OP2/c1-14-10-25(11-15(2)23-14)18-4-5-21-26(12-18)20(27)9-19(29-21)17-8-16-6-7-24(3)22(16)28-13-17/h4-9,12,14-15,21,23,28-29H,10-11,13H2,1-3H3/t14-,15?,21?/m0/s1. The fraction of sp³-hybridized carbons (Fsp3) is 0.409. The molecule has 1 amide bonds. The number of fused-ring (bicyclic) bond motifs is 2. The molecule has 4 aliphatic heterocycles. The Hall–Kier alpha value is -1.67. The van der Waals surface area contributed by atoms with Crippen molar-refractivity contribution in [3.8, 4) is 0 Å². The van der Waals surface area contributed by atoms with Gasteiger partial charge < -0.3 is 19.7 Å². The third kappa shape index (κ3) is 3.65. The number of nitrogens with one attached hydrogen (secondary N) is 1. The molecule has 5 heterocycles. The first-order chi connectivity index (χ1) is 14.0. The maximum atomic E-state index is 13.0. The van der Waals surface area contributed by atoms with Crippen LogP contribution in [0.15, 0.2) is 53.3 Å². The van der Waals surface area contributed by atoms with Crippen LogP contribution in [0.4, 0.5) is 0 Å². The molecule has 1 aromatic rings. The molecule has 0 saturated carbocycles. The Morgan fingerprint density at radius 3 is 2.76 bits per heavy atom. The van der Waals surface area contributed by atoms with Crippen molar-refractivity contribution in [2.45, 2.75) is 31.7 Å². The first-order valence-electron chi connectivity index (χ1n) is 10.3. The summed E-state index contributed by atoms with van der Waals surface area (Å²) < 4.78 is 2.22. The molecule has 0 aliphatic carbocycles. The third-order valence-electron chi connectivity index (χ3n) is 5.99. The normalized spacial score (nSPS) is 30.8. The summed E-state index contributed by atoms with van der Waals surface area (Å²) in [6.45, 7) is 6.39. The Labute approximate surface area is 176 Å². The molecule has 152 valence electrons. The van der Waals surface area contributed by atoms with E-state index in [0.717, 1.165) is 33.5 Å². The number of carbonyl (C=O) groups is 1. The van der Waals surface area contributed by atoms with E-state index in [4.69, 9.17) is 0 Å². The topological polar surface area (TPSA) is 40.5 Å². The van der Waals surface area contributed by atoms with Gasteiger partial charge in [-0.1, -0.05) is 23.2 Å². The van der Waals surface area contributed by atoms with Crippen LogP contribution in [-0.2, 0) is 11.8 Å². The summed E-state index contributed by atoms with van der Waals surface area (Å²) in [7, 11) is 3.50. The summed E-state index contributed by atoms with van der Waals surface area (Å²) >= 11 is 0. The Bertz CT molecular complexity index is 963. The molecule has 0 bridgehead atoms. The second-order valence-electron chi connectivity index (χ2n) is 8.43. The van der Waals surface area contributed by atoms with Crippen molar-refractivity contribution in [3.63, 3.8) is 0 Å². The zero-order valence-corrected chi connectivity index (χ0v) is 19.1. The summed E-state index contributed by atoms with van der Waals surface area (Å²) in [4.78, 5) is 17.3. The molecule has 1 fully saturated rings. The lowest BCUT2D eigenvalue weighted by molar-refractivity contribution is -0.124. The highest BCUT2D eigenvalue weighted by Crippen LogP contribution is 2.45. The molecule has 1 saturated heterocycles. The van der Waals surface area contributed by atoms with Crippen molar-refractivity contribution < 1.29 is 4.79 Å². The van der Waals surface area contributed by atoms with Crippen LogP contribution >= 0.6 is 17.2 Å². The average molecular weight is 426 g/mol. The van der Waals surface area contributed by atoms with Crippen LogP contribution < -0.4 is 10.8 Å². The first kappa shape index (κ1) is 19.3. The second-order valence-corrected chi connectivity index (χ2v) is 11.0. The van der Waals surface area contributed by atoms with Gasteiger partial charge >= 0.3 is 0 Å². The van der Waals surface area contributed by atoms with Crippen LogP contribution in [0.25, 0.3) is 6.08 Å². The van der Waals surface area contributed by atoms with Crippen molar-refractivity contribution in [2.75, 3.05) is 19.3 Å².